The molecule has 110 valence electrons. The zero-order valence-corrected chi connectivity index (χ0v) is 12.1. The van der Waals surface area contributed by atoms with Gasteiger partial charge in [0.25, 0.3) is 0 Å². The van der Waals surface area contributed by atoms with Gasteiger partial charge in [0, 0.05) is 36.1 Å². The van der Waals surface area contributed by atoms with E-state index in [1.165, 1.54) is 6.42 Å². The Bertz CT molecular complexity index is 693. The van der Waals surface area contributed by atoms with Gasteiger partial charge in [0.1, 0.15) is 6.04 Å². The van der Waals surface area contributed by atoms with Crippen LogP contribution in [0.2, 0.25) is 0 Å². The molecule has 1 aromatic carbocycles. The third kappa shape index (κ3) is 2.04. The fraction of sp³-hybridized carbons (Fsp3) is 0.438. The number of fused-ring (bicyclic) bond motifs is 2. The number of nitrogens with one attached hydrogen (secondary N) is 3. The van der Waals surface area contributed by atoms with Gasteiger partial charge in [-0.1, -0.05) is 12.5 Å². The summed E-state index contributed by atoms with van der Waals surface area (Å²) in [4.78, 5) is 12.6. The summed E-state index contributed by atoms with van der Waals surface area (Å²) >= 11 is 0. The molecular formula is C16H20N4O. The Kier molecular flexibility index (Phi) is 2.97. The molecule has 0 spiro atoms. The first-order chi connectivity index (χ1) is 10.2. The van der Waals surface area contributed by atoms with Crippen LogP contribution in [0.1, 0.15) is 19.3 Å². The number of hydrazine groups is 1. The number of hydrogen-bond donors (Lipinski definition) is 3. The Hall–Kier alpha value is -1.85. The van der Waals surface area contributed by atoms with Gasteiger partial charge in [-0.2, -0.15) is 0 Å². The molecule has 3 atom stereocenters. The molecule has 2 heterocycles. The Morgan fingerprint density at radius 2 is 2.19 bits per heavy atom. The second-order valence-corrected chi connectivity index (χ2v) is 6.12. The summed E-state index contributed by atoms with van der Waals surface area (Å²) in [5.74, 6) is 0.480. The van der Waals surface area contributed by atoms with Gasteiger partial charge in [-0.25, -0.2) is 5.43 Å². The number of nitrogens with zero attached hydrogens (tertiary/aromatic N) is 1. The van der Waals surface area contributed by atoms with Crippen molar-refractivity contribution in [3.05, 3.63) is 30.5 Å². The molecule has 5 heteroatoms. The number of amides is 1. The van der Waals surface area contributed by atoms with E-state index in [1.807, 2.05) is 31.4 Å². The molecule has 1 saturated carbocycles. The average Bonchev–Trinajstić information content (AvgIpc) is 3.15. The maximum absolute atomic E-state index is 12.6. The van der Waals surface area contributed by atoms with Crippen LogP contribution < -0.4 is 16.2 Å². The maximum Gasteiger partial charge on any atom is 0.243 e. The first-order valence-corrected chi connectivity index (χ1v) is 7.60. The van der Waals surface area contributed by atoms with Crippen LogP contribution in [0.5, 0.6) is 0 Å². The third-order valence-electron chi connectivity index (χ3n) is 4.89. The topological polar surface area (TPSA) is 58.1 Å². The van der Waals surface area contributed by atoms with E-state index in [4.69, 9.17) is 0 Å². The number of carbonyl (C=O) groups is 1. The molecule has 0 bridgehead atoms. The van der Waals surface area contributed by atoms with Gasteiger partial charge in [-0.3, -0.25) is 10.2 Å². The van der Waals surface area contributed by atoms with E-state index in [9.17, 15) is 4.79 Å². The first kappa shape index (κ1) is 12.9. The van der Waals surface area contributed by atoms with Crippen molar-refractivity contribution >= 4 is 22.5 Å². The minimum absolute atomic E-state index is 0.0632. The number of rotatable bonds is 2. The van der Waals surface area contributed by atoms with Crippen molar-refractivity contribution in [3.8, 4) is 0 Å². The van der Waals surface area contributed by atoms with E-state index in [2.05, 4.69) is 26.8 Å². The number of benzene rings is 1. The molecule has 1 amide bonds. The summed E-state index contributed by atoms with van der Waals surface area (Å²) in [5, 5.41) is 4.18. The highest BCUT2D eigenvalue weighted by atomic mass is 16.2. The lowest BCUT2D eigenvalue weighted by molar-refractivity contribution is -0.118. The number of anilines is 1. The maximum atomic E-state index is 12.6. The molecule has 2 fully saturated rings. The Labute approximate surface area is 123 Å². The number of carbonyl (C=O) groups excluding carboxylic acids is 1. The van der Waals surface area contributed by atoms with Crippen molar-refractivity contribution in [2.24, 2.45) is 13.0 Å². The zero-order valence-electron chi connectivity index (χ0n) is 12.1. The van der Waals surface area contributed by atoms with Crippen LogP contribution in [0.3, 0.4) is 0 Å². The van der Waals surface area contributed by atoms with Crippen LogP contribution in [0.15, 0.2) is 30.5 Å². The van der Waals surface area contributed by atoms with Gasteiger partial charge in [-0.05, 0) is 31.0 Å². The normalized spacial score (nSPS) is 28.0. The molecule has 21 heavy (non-hydrogen) atoms. The van der Waals surface area contributed by atoms with Crippen LogP contribution in [0.25, 0.3) is 10.9 Å². The largest absolute Gasteiger partial charge is 0.350 e. The van der Waals surface area contributed by atoms with Crippen molar-refractivity contribution in [2.75, 3.05) is 5.32 Å². The van der Waals surface area contributed by atoms with Crippen LogP contribution >= 0.6 is 0 Å². The van der Waals surface area contributed by atoms with E-state index in [1.54, 1.807) is 0 Å². The summed E-state index contributed by atoms with van der Waals surface area (Å²) in [6.45, 7) is 0. The lowest BCUT2D eigenvalue weighted by atomic mass is 9.96. The third-order valence-corrected chi connectivity index (χ3v) is 4.89. The van der Waals surface area contributed by atoms with Crippen LogP contribution in [-0.4, -0.2) is 22.6 Å². The van der Waals surface area contributed by atoms with Gasteiger partial charge in [0.15, 0.2) is 0 Å². The number of aromatic nitrogens is 1. The zero-order chi connectivity index (χ0) is 14.4. The first-order valence-electron chi connectivity index (χ1n) is 7.60. The Morgan fingerprint density at radius 3 is 3.10 bits per heavy atom. The molecule has 3 N–H and O–H groups in total. The standard InChI is InChI=1S/C16H20N4O/c1-20-9-8-10-12(5-3-7-14(10)20)17-16(21)15-11-4-2-6-13(11)18-19-15/h3,5,7-9,11,13,15,18-19H,2,4,6H2,1H3,(H,17,21). The number of hydrogen-bond acceptors (Lipinski definition) is 3. The second-order valence-electron chi connectivity index (χ2n) is 6.12. The highest BCUT2D eigenvalue weighted by molar-refractivity contribution is 6.03. The van der Waals surface area contributed by atoms with Crippen molar-refractivity contribution < 1.29 is 4.79 Å². The quantitative estimate of drug-likeness (QED) is 0.787. The summed E-state index contributed by atoms with van der Waals surface area (Å²) in [6, 6.07) is 8.38. The fourth-order valence-corrected chi connectivity index (χ4v) is 3.75. The molecule has 1 aliphatic carbocycles. The molecule has 1 aromatic heterocycles. The van der Waals surface area contributed by atoms with Gasteiger partial charge < -0.3 is 9.88 Å². The smallest absolute Gasteiger partial charge is 0.243 e. The average molecular weight is 284 g/mol. The predicted molar refractivity (Wildman–Crippen MR) is 82.7 cm³/mol. The predicted octanol–water partition coefficient (Wildman–Crippen LogP) is 1.76. The van der Waals surface area contributed by atoms with Crippen molar-refractivity contribution in [1.29, 1.82) is 0 Å². The second kappa shape index (κ2) is 4.86. The summed E-state index contributed by atoms with van der Waals surface area (Å²) < 4.78 is 2.06. The summed E-state index contributed by atoms with van der Waals surface area (Å²) in [7, 11) is 2.01. The Morgan fingerprint density at radius 1 is 1.29 bits per heavy atom. The highest BCUT2D eigenvalue weighted by Gasteiger charge is 2.42. The van der Waals surface area contributed by atoms with Crippen LogP contribution in [0.4, 0.5) is 5.69 Å². The molecule has 1 saturated heterocycles. The lowest BCUT2D eigenvalue weighted by Crippen LogP contribution is -2.42. The minimum Gasteiger partial charge on any atom is -0.350 e. The molecule has 2 aliphatic rings. The van der Waals surface area contributed by atoms with Crippen molar-refractivity contribution in [2.45, 2.75) is 31.3 Å². The van der Waals surface area contributed by atoms with Crippen molar-refractivity contribution in [3.63, 3.8) is 0 Å². The van der Waals surface area contributed by atoms with E-state index < -0.39 is 0 Å². The molecule has 2 aromatic rings. The monoisotopic (exact) mass is 284 g/mol. The van der Waals surface area contributed by atoms with Crippen LogP contribution in [-0.2, 0) is 11.8 Å². The molecule has 1 aliphatic heterocycles. The lowest BCUT2D eigenvalue weighted by Gasteiger charge is -2.17. The van der Waals surface area contributed by atoms with Gasteiger partial charge in [-0.15, -0.1) is 0 Å². The van der Waals surface area contributed by atoms with E-state index in [0.29, 0.717) is 12.0 Å². The van der Waals surface area contributed by atoms with Gasteiger partial charge in [0.2, 0.25) is 5.91 Å². The Balaban J connectivity index is 1.58. The molecule has 5 nitrogen and oxygen atoms in total. The number of aryl methyl sites for hydroxylation is 1. The minimum atomic E-state index is -0.128. The van der Waals surface area contributed by atoms with E-state index >= 15 is 0 Å². The summed E-state index contributed by atoms with van der Waals surface area (Å²) in [5.41, 5.74) is 8.45. The van der Waals surface area contributed by atoms with Crippen molar-refractivity contribution in [1.82, 2.24) is 15.4 Å². The van der Waals surface area contributed by atoms with E-state index in [-0.39, 0.29) is 11.9 Å². The molecule has 0 radical (unpaired) electrons. The SMILES string of the molecule is Cn1ccc2c(NC(=O)C3NNC4CCCC43)cccc21. The van der Waals surface area contributed by atoms with Gasteiger partial charge in [0.05, 0.1) is 5.69 Å². The fourth-order valence-electron chi connectivity index (χ4n) is 3.75. The molecule has 3 unspecified atom stereocenters. The molecular weight excluding hydrogens is 264 g/mol. The van der Waals surface area contributed by atoms with Gasteiger partial charge >= 0.3 is 0 Å². The molecule has 4 rings (SSSR count). The highest BCUT2D eigenvalue weighted by Crippen LogP contribution is 2.32. The van der Waals surface area contributed by atoms with E-state index in [0.717, 1.165) is 29.4 Å². The summed E-state index contributed by atoms with van der Waals surface area (Å²) in [6.07, 6.45) is 5.51. The van der Waals surface area contributed by atoms with Crippen LogP contribution in [0, 0.1) is 5.92 Å².